The fourth-order valence-corrected chi connectivity index (χ4v) is 2.53. The summed E-state index contributed by atoms with van der Waals surface area (Å²) in [5.41, 5.74) is 0.941. The van der Waals surface area contributed by atoms with Gasteiger partial charge in [-0.1, -0.05) is 42.5 Å². The van der Waals surface area contributed by atoms with Gasteiger partial charge in [-0.25, -0.2) is 4.79 Å². The molecule has 0 spiro atoms. The van der Waals surface area contributed by atoms with Crippen LogP contribution in [0.3, 0.4) is 0 Å². The van der Waals surface area contributed by atoms with E-state index < -0.39 is 12.0 Å². The van der Waals surface area contributed by atoms with Crippen LogP contribution in [0.1, 0.15) is 18.4 Å². The zero-order chi connectivity index (χ0) is 14.8. The number of carboxylic acids is 1. The Morgan fingerprint density at radius 2 is 1.86 bits per heavy atom. The molecule has 2 aromatic rings. The van der Waals surface area contributed by atoms with Crippen LogP contribution in [-0.4, -0.2) is 23.0 Å². The highest BCUT2D eigenvalue weighted by Crippen LogP contribution is 2.29. The number of carbonyl (C=O) groups is 2. The number of hydrogen-bond donors (Lipinski definition) is 2. The number of benzene rings is 2. The first kappa shape index (κ1) is 13.6. The predicted octanol–water partition coefficient (Wildman–Crippen LogP) is 2.36. The summed E-state index contributed by atoms with van der Waals surface area (Å²) in [7, 11) is 0. The molecule has 2 N–H and O–H groups in total. The Balaban J connectivity index is 1.83. The third-order valence-corrected chi connectivity index (χ3v) is 3.87. The summed E-state index contributed by atoms with van der Waals surface area (Å²) in [5.74, 6) is -1.11. The van der Waals surface area contributed by atoms with Gasteiger partial charge in [0, 0.05) is 12.3 Å². The molecule has 3 rings (SSSR count). The van der Waals surface area contributed by atoms with Crippen molar-refractivity contribution >= 4 is 22.6 Å². The monoisotopic (exact) mass is 283 g/mol. The first-order valence-corrected chi connectivity index (χ1v) is 7.15. The molecule has 0 bridgehead atoms. The van der Waals surface area contributed by atoms with Gasteiger partial charge in [0.2, 0.25) is 5.91 Å². The fraction of sp³-hybridized carbons (Fsp3) is 0.294. The van der Waals surface area contributed by atoms with Crippen molar-refractivity contribution in [3.8, 4) is 0 Å². The Bertz CT molecular complexity index is 686. The lowest BCUT2D eigenvalue weighted by atomic mass is 9.98. The molecular weight excluding hydrogens is 266 g/mol. The summed E-state index contributed by atoms with van der Waals surface area (Å²) in [6.07, 6.45) is 2.04. The van der Waals surface area contributed by atoms with Crippen LogP contribution >= 0.6 is 0 Å². The minimum Gasteiger partial charge on any atom is -0.480 e. The lowest BCUT2D eigenvalue weighted by Crippen LogP contribution is -2.43. The highest BCUT2D eigenvalue weighted by molar-refractivity contribution is 5.89. The number of aliphatic carboxylic acids is 1. The molecule has 1 aliphatic rings. The molecule has 1 saturated carbocycles. The van der Waals surface area contributed by atoms with Gasteiger partial charge in [-0.05, 0) is 29.2 Å². The van der Waals surface area contributed by atoms with E-state index in [-0.39, 0.29) is 11.8 Å². The first-order valence-electron chi connectivity index (χ1n) is 7.15. The van der Waals surface area contributed by atoms with E-state index >= 15 is 0 Å². The van der Waals surface area contributed by atoms with Gasteiger partial charge in [0.25, 0.3) is 0 Å². The van der Waals surface area contributed by atoms with Crippen molar-refractivity contribution in [3.63, 3.8) is 0 Å². The van der Waals surface area contributed by atoms with Crippen molar-refractivity contribution in [2.75, 3.05) is 0 Å². The van der Waals surface area contributed by atoms with E-state index in [0.29, 0.717) is 6.42 Å². The van der Waals surface area contributed by atoms with Crippen LogP contribution in [0, 0.1) is 5.92 Å². The van der Waals surface area contributed by atoms with Crippen molar-refractivity contribution in [1.29, 1.82) is 0 Å². The summed E-state index contributed by atoms with van der Waals surface area (Å²) in [6, 6.07) is 12.8. The SMILES string of the molecule is O=C(N[C@@H](Cc1cccc2ccccc12)C(=O)O)C1CC1. The third-order valence-electron chi connectivity index (χ3n) is 3.87. The van der Waals surface area contributed by atoms with Gasteiger partial charge >= 0.3 is 5.97 Å². The maximum Gasteiger partial charge on any atom is 0.326 e. The van der Waals surface area contributed by atoms with E-state index in [4.69, 9.17) is 0 Å². The second-order valence-corrected chi connectivity index (χ2v) is 5.52. The number of amides is 1. The topological polar surface area (TPSA) is 66.4 Å². The van der Waals surface area contributed by atoms with Crippen LogP contribution in [0.5, 0.6) is 0 Å². The predicted molar refractivity (Wildman–Crippen MR) is 79.9 cm³/mol. The lowest BCUT2D eigenvalue weighted by molar-refractivity contribution is -0.141. The average molecular weight is 283 g/mol. The first-order chi connectivity index (χ1) is 10.1. The minimum atomic E-state index is -0.989. The largest absolute Gasteiger partial charge is 0.480 e. The normalized spacial score (nSPS) is 15.6. The van der Waals surface area contributed by atoms with E-state index in [1.165, 1.54) is 0 Å². The summed E-state index contributed by atoms with van der Waals surface area (Å²) in [6.45, 7) is 0. The molecule has 0 heterocycles. The molecule has 4 heteroatoms. The van der Waals surface area contributed by atoms with Crippen molar-refractivity contribution in [2.45, 2.75) is 25.3 Å². The number of nitrogens with one attached hydrogen (secondary N) is 1. The van der Waals surface area contributed by atoms with E-state index in [9.17, 15) is 14.7 Å². The summed E-state index contributed by atoms with van der Waals surface area (Å²) in [5, 5.41) is 14.1. The number of fused-ring (bicyclic) bond motifs is 1. The standard InChI is InChI=1S/C17H17NO3/c19-16(12-8-9-12)18-15(17(20)21)10-13-6-3-5-11-4-1-2-7-14(11)13/h1-7,12,15H,8-10H2,(H,18,19)(H,20,21)/t15-/m0/s1. The molecule has 2 aromatic carbocycles. The zero-order valence-electron chi connectivity index (χ0n) is 11.6. The maximum atomic E-state index is 11.8. The van der Waals surface area contributed by atoms with E-state index in [1.54, 1.807) is 0 Å². The van der Waals surface area contributed by atoms with Crippen LogP contribution < -0.4 is 5.32 Å². The Morgan fingerprint density at radius 3 is 2.57 bits per heavy atom. The van der Waals surface area contributed by atoms with Crippen LogP contribution in [0.15, 0.2) is 42.5 Å². The summed E-state index contributed by atoms with van der Waals surface area (Å²) < 4.78 is 0. The van der Waals surface area contributed by atoms with Crippen LogP contribution in [0.2, 0.25) is 0 Å². The van der Waals surface area contributed by atoms with Crippen molar-refractivity contribution in [3.05, 3.63) is 48.0 Å². The number of hydrogen-bond acceptors (Lipinski definition) is 2. The highest BCUT2D eigenvalue weighted by Gasteiger charge is 2.32. The van der Waals surface area contributed by atoms with Crippen LogP contribution in [0.25, 0.3) is 10.8 Å². The summed E-state index contributed by atoms with van der Waals surface area (Å²) in [4.78, 5) is 23.2. The van der Waals surface area contributed by atoms with Gasteiger partial charge in [-0.15, -0.1) is 0 Å². The Kier molecular flexibility index (Phi) is 3.60. The smallest absolute Gasteiger partial charge is 0.326 e. The van der Waals surface area contributed by atoms with E-state index in [2.05, 4.69) is 5.32 Å². The van der Waals surface area contributed by atoms with Crippen molar-refractivity contribution in [2.24, 2.45) is 5.92 Å². The fourth-order valence-electron chi connectivity index (χ4n) is 2.53. The molecular formula is C17H17NO3. The Morgan fingerprint density at radius 1 is 1.14 bits per heavy atom. The van der Waals surface area contributed by atoms with Crippen molar-refractivity contribution < 1.29 is 14.7 Å². The Hall–Kier alpha value is -2.36. The van der Waals surface area contributed by atoms with E-state index in [1.807, 2.05) is 42.5 Å². The molecule has 1 fully saturated rings. The lowest BCUT2D eigenvalue weighted by Gasteiger charge is -2.15. The van der Waals surface area contributed by atoms with Crippen LogP contribution in [0.4, 0.5) is 0 Å². The second kappa shape index (κ2) is 5.56. The molecule has 0 aliphatic heterocycles. The summed E-state index contributed by atoms with van der Waals surface area (Å²) >= 11 is 0. The number of carboxylic acid groups (broad SMARTS) is 1. The molecule has 4 nitrogen and oxygen atoms in total. The third kappa shape index (κ3) is 3.05. The molecule has 0 saturated heterocycles. The number of rotatable bonds is 5. The van der Waals surface area contributed by atoms with E-state index in [0.717, 1.165) is 29.2 Å². The van der Waals surface area contributed by atoms with Crippen LogP contribution in [-0.2, 0) is 16.0 Å². The van der Waals surface area contributed by atoms with Gasteiger partial charge in [0.15, 0.2) is 0 Å². The maximum absolute atomic E-state index is 11.8. The molecule has 21 heavy (non-hydrogen) atoms. The quantitative estimate of drug-likeness (QED) is 0.885. The average Bonchev–Trinajstić information content (AvgIpc) is 3.31. The van der Waals surface area contributed by atoms with Gasteiger partial charge in [0.05, 0.1) is 0 Å². The molecule has 108 valence electrons. The second-order valence-electron chi connectivity index (χ2n) is 5.52. The molecule has 1 aliphatic carbocycles. The van der Waals surface area contributed by atoms with Gasteiger partial charge in [0.1, 0.15) is 6.04 Å². The highest BCUT2D eigenvalue weighted by atomic mass is 16.4. The molecule has 0 radical (unpaired) electrons. The zero-order valence-corrected chi connectivity index (χ0v) is 11.6. The molecule has 0 unspecified atom stereocenters. The molecule has 1 atom stereocenters. The minimum absolute atomic E-state index is 0.0133. The number of carbonyl (C=O) groups excluding carboxylic acids is 1. The Labute approximate surface area is 122 Å². The van der Waals surface area contributed by atoms with Crippen molar-refractivity contribution in [1.82, 2.24) is 5.32 Å². The molecule has 0 aromatic heterocycles. The molecule has 1 amide bonds. The van der Waals surface area contributed by atoms with Gasteiger partial charge in [-0.2, -0.15) is 0 Å². The van der Waals surface area contributed by atoms with Gasteiger partial charge in [-0.3, -0.25) is 4.79 Å². The van der Waals surface area contributed by atoms with Gasteiger partial charge < -0.3 is 10.4 Å².